The summed E-state index contributed by atoms with van der Waals surface area (Å²) in [5, 5.41) is 3.96. The van der Waals surface area contributed by atoms with Crippen LogP contribution in [0.4, 0.5) is 4.39 Å². The minimum atomic E-state index is -0.190. The highest BCUT2D eigenvalue weighted by Gasteiger charge is 2.38. The van der Waals surface area contributed by atoms with Crippen LogP contribution < -0.4 is 5.32 Å². The lowest BCUT2D eigenvalue weighted by Gasteiger charge is -2.43. The van der Waals surface area contributed by atoms with Crippen molar-refractivity contribution in [2.24, 2.45) is 11.3 Å². The Bertz CT molecular complexity index is 458. The fourth-order valence-corrected chi connectivity index (χ4v) is 3.74. The Kier molecular flexibility index (Phi) is 5.09. The van der Waals surface area contributed by atoms with E-state index >= 15 is 0 Å². The molecule has 1 nitrogen and oxygen atoms in total. The fourth-order valence-electron chi connectivity index (χ4n) is 3.58. The van der Waals surface area contributed by atoms with Gasteiger partial charge in [-0.1, -0.05) is 51.3 Å². The summed E-state index contributed by atoms with van der Waals surface area (Å²) in [5.41, 5.74) is 1.01. The first kappa shape index (κ1) is 15.8. The van der Waals surface area contributed by atoms with E-state index in [1.807, 2.05) is 6.07 Å². The highest BCUT2D eigenvalue weighted by Crippen LogP contribution is 2.47. The van der Waals surface area contributed by atoms with Crippen molar-refractivity contribution in [1.29, 1.82) is 0 Å². The van der Waals surface area contributed by atoms with Gasteiger partial charge in [0.2, 0.25) is 0 Å². The zero-order chi connectivity index (χ0) is 14.8. The first-order valence-corrected chi connectivity index (χ1v) is 8.02. The lowest BCUT2D eigenvalue weighted by atomic mass is 9.64. The average molecular weight is 298 g/mol. The highest BCUT2D eigenvalue weighted by atomic mass is 35.5. The van der Waals surface area contributed by atoms with E-state index in [1.165, 1.54) is 25.3 Å². The van der Waals surface area contributed by atoms with E-state index in [9.17, 15) is 4.39 Å². The monoisotopic (exact) mass is 297 g/mol. The second-order valence-electron chi connectivity index (χ2n) is 6.54. The Morgan fingerprint density at radius 2 is 2.15 bits per heavy atom. The van der Waals surface area contributed by atoms with Gasteiger partial charge in [0.25, 0.3) is 0 Å². The Morgan fingerprint density at radius 3 is 2.75 bits per heavy atom. The number of hydrogen-bond acceptors (Lipinski definition) is 1. The summed E-state index contributed by atoms with van der Waals surface area (Å²) < 4.78 is 14.3. The Morgan fingerprint density at radius 1 is 1.40 bits per heavy atom. The SMILES string of the molecule is CCNC(c1ccc(Cl)cc1F)C1CCCCC1(C)C. The van der Waals surface area contributed by atoms with Crippen LogP contribution >= 0.6 is 11.6 Å². The number of benzene rings is 1. The van der Waals surface area contributed by atoms with Crippen LogP contribution in [0.15, 0.2) is 18.2 Å². The number of nitrogens with one attached hydrogen (secondary N) is 1. The number of hydrogen-bond donors (Lipinski definition) is 1. The summed E-state index contributed by atoms with van der Waals surface area (Å²) in [6.45, 7) is 7.56. The Balaban J connectivity index is 2.34. The molecular formula is C17H25ClFN. The second-order valence-corrected chi connectivity index (χ2v) is 6.98. The minimum Gasteiger partial charge on any atom is -0.310 e. The van der Waals surface area contributed by atoms with E-state index in [2.05, 4.69) is 26.1 Å². The standard InChI is InChI=1S/C17H25ClFN/c1-4-20-16(13-9-8-12(18)11-15(13)19)14-7-5-6-10-17(14,2)3/h8-9,11,14,16,20H,4-7,10H2,1-3H3. The number of rotatable bonds is 4. The molecule has 2 atom stereocenters. The molecule has 0 aliphatic heterocycles. The molecule has 0 radical (unpaired) electrons. The highest BCUT2D eigenvalue weighted by molar-refractivity contribution is 6.30. The zero-order valence-electron chi connectivity index (χ0n) is 12.7. The fraction of sp³-hybridized carbons (Fsp3) is 0.647. The van der Waals surface area contributed by atoms with Crippen molar-refractivity contribution in [1.82, 2.24) is 5.32 Å². The molecule has 1 N–H and O–H groups in total. The van der Waals surface area contributed by atoms with Gasteiger partial charge in [-0.3, -0.25) is 0 Å². The summed E-state index contributed by atoms with van der Waals surface area (Å²) in [6.07, 6.45) is 4.90. The van der Waals surface area contributed by atoms with Crippen molar-refractivity contribution in [2.45, 2.75) is 52.5 Å². The normalized spacial score (nSPS) is 23.6. The van der Waals surface area contributed by atoms with Gasteiger partial charge in [-0.15, -0.1) is 0 Å². The molecule has 2 rings (SSSR count). The predicted octanol–water partition coefficient (Wildman–Crippen LogP) is 5.35. The van der Waals surface area contributed by atoms with Gasteiger partial charge in [-0.25, -0.2) is 4.39 Å². The summed E-state index contributed by atoms with van der Waals surface area (Å²) in [6, 6.07) is 5.14. The lowest BCUT2D eigenvalue weighted by molar-refractivity contribution is 0.0974. The molecule has 0 bridgehead atoms. The molecule has 1 aliphatic carbocycles. The van der Waals surface area contributed by atoms with Crippen molar-refractivity contribution in [3.8, 4) is 0 Å². The zero-order valence-corrected chi connectivity index (χ0v) is 13.4. The van der Waals surface area contributed by atoms with E-state index in [-0.39, 0.29) is 17.3 Å². The first-order chi connectivity index (χ1) is 9.45. The summed E-state index contributed by atoms with van der Waals surface area (Å²) in [7, 11) is 0. The van der Waals surface area contributed by atoms with E-state index in [0.29, 0.717) is 10.9 Å². The van der Waals surface area contributed by atoms with Gasteiger partial charge in [0, 0.05) is 16.6 Å². The largest absolute Gasteiger partial charge is 0.310 e. The van der Waals surface area contributed by atoms with Crippen LogP contribution in [0.1, 0.15) is 58.1 Å². The van der Waals surface area contributed by atoms with Gasteiger partial charge in [-0.2, -0.15) is 0 Å². The minimum absolute atomic E-state index is 0.0765. The average Bonchev–Trinajstić information content (AvgIpc) is 2.37. The van der Waals surface area contributed by atoms with E-state index in [1.54, 1.807) is 6.07 Å². The molecule has 3 heteroatoms. The molecule has 0 spiro atoms. The smallest absolute Gasteiger partial charge is 0.129 e. The van der Waals surface area contributed by atoms with Gasteiger partial charge in [0.05, 0.1) is 0 Å². The summed E-state index contributed by atoms with van der Waals surface area (Å²) in [5.74, 6) is 0.275. The summed E-state index contributed by atoms with van der Waals surface area (Å²) >= 11 is 5.88. The molecule has 2 unspecified atom stereocenters. The molecular weight excluding hydrogens is 273 g/mol. The number of halogens is 2. The van der Waals surface area contributed by atoms with E-state index < -0.39 is 0 Å². The van der Waals surface area contributed by atoms with Crippen LogP contribution in [0.2, 0.25) is 5.02 Å². The van der Waals surface area contributed by atoms with Crippen LogP contribution in [0.3, 0.4) is 0 Å². The van der Waals surface area contributed by atoms with Crippen molar-refractivity contribution in [3.05, 3.63) is 34.6 Å². The van der Waals surface area contributed by atoms with Crippen molar-refractivity contribution in [2.75, 3.05) is 6.54 Å². The van der Waals surface area contributed by atoms with Crippen molar-refractivity contribution in [3.63, 3.8) is 0 Å². The Labute approximate surface area is 126 Å². The summed E-state index contributed by atoms with van der Waals surface area (Å²) in [4.78, 5) is 0. The first-order valence-electron chi connectivity index (χ1n) is 7.64. The second kappa shape index (κ2) is 6.44. The van der Waals surface area contributed by atoms with E-state index in [4.69, 9.17) is 11.6 Å². The van der Waals surface area contributed by atoms with Crippen LogP contribution in [0, 0.1) is 17.2 Å². The molecule has 112 valence electrons. The van der Waals surface area contributed by atoms with Crippen molar-refractivity contribution < 1.29 is 4.39 Å². The van der Waals surface area contributed by atoms with Gasteiger partial charge < -0.3 is 5.32 Å². The third-order valence-corrected chi connectivity index (χ3v) is 4.95. The van der Waals surface area contributed by atoms with Gasteiger partial charge in [0.15, 0.2) is 0 Å². The predicted molar refractivity (Wildman–Crippen MR) is 83.6 cm³/mol. The molecule has 0 aromatic heterocycles. The van der Waals surface area contributed by atoms with Gasteiger partial charge >= 0.3 is 0 Å². The molecule has 1 saturated carbocycles. The van der Waals surface area contributed by atoms with Crippen LogP contribution in [-0.2, 0) is 0 Å². The maximum atomic E-state index is 14.3. The maximum Gasteiger partial charge on any atom is 0.129 e. The Hall–Kier alpha value is -0.600. The van der Waals surface area contributed by atoms with Crippen LogP contribution in [0.5, 0.6) is 0 Å². The van der Waals surface area contributed by atoms with E-state index in [0.717, 1.165) is 18.5 Å². The topological polar surface area (TPSA) is 12.0 Å². The van der Waals surface area contributed by atoms with Crippen LogP contribution in [-0.4, -0.2) is 6.54 Å². The lowest BCUT2D eigenvalue weighted by Crippen LogP contribution is -2.39. The molecule has 1 aliphatic rings. The third-order valence-electron chi connectivity index (χ3n) is 4.71. The third kappa shape index (κ3) is 3.35. The molecule has 1 aromatic rings. The molecule has 1 aromatic carbocycles. The molecule has 20 heavy (non-hydrogen) atoms. The van der Waals surface area contributed by atoms with Crippen molar-refractivity contribution >= 4 is 11.6 Å². The molecule has 0 heterocycles. The molecule has 0 saturated heterocycles. The molecule has 1 fully saturated rings. The van der Waals surface area contributed by atoms with Gasteiger partial charge in [0.1, 0.15) is 5.82 Å². The van der Waals surface area contributed by atoms with Gasteiger partial charge in [-0.05, 0) is 42.9 Å². The van der Waals surface area contributed by atoms with Crippen LogP contribution in [0.25, 0.3) is 0 Å². The quantitative estimate of drug-likeness (QED) is 0.790. The molecule has 0 amide bonds. The maximum absolute atomic E-state index is 14.3.